The van der Waals surface area contributed by atoms with Crippen molar-refractivity contribution in [2.75, 3.05) is 5.43 Å². The molecule has 2 heterocycles. The summed E-state index contributed by atoms with van der Waals surface area (Å²) in [7, 11) is 0. The molecule has 20 heavy (non-hydrogen) atoms. The number of aromatic nitrogens is 2. The summed E-state index contributed by atoms with van der Waals surface area (Å²) in [6, 6.07) is 9.84. The SMILES string of the molecule is Cc1csc(=O)n1Cc1cc2ccccc2nc1NN. The van der Waals surface area contributed by atoms with E-state index in [2.05, 4.69) is 10.4 Å². The van der Waals surface area contributed by atoms with Gasteiger partial charge in [0.05, 0.1) is 12.1 Å². The van der Waals surface area contributed by atoms with Crippen LogP contribution in [0.3, 0.4) is 0 Å². The quantitative estimate of drug-likeness (QED) is 0.571. The van der Waals surface area contributed by atoms with Gasteiger partial charge < -0.3 is 5.43 Å². The van der Waals surface area contributed by atoms with Crippen LogP contribution in [0.4, 0.5) is 5.82 Å². The number of rotatable bonds is 3. The summed E-state index contributed by atoms with van der Waals surface area (Å²) in [5.41, 5.74) is 5.33. The van der Waals surface area contributed by atoms with Crippen LogP contribution < -0.4 is 16.1 Å². The third kappa shape index (κ3) is 2.19. The van der Waals surface area contributed by atoms with Crippen LogP contribution in [0, 0.1) is 6.92 Å². The number of nitrogens with two attached hydrogens (primary N) is 1. The molecule has 6 heteroatoms. The molecule has 0 fully saturated rings. The number of pyridine rings is 1. The second kappa shape index (κ2) is 5.07. The predicted octanol–water partition coefficient (Wildman–Crippen LogP) is 2.10. The normalized spacial score (nSPS) is 10.9. The van der Waals surface area contributed by atoms with Gasteiger partial charge in [-0.2, -0.15) is 0 Å². The molecule has 3 aromatic rings. The third-order valence-electron chi connectivity index (χ3n) is 3.24. The molecule has 0 saturated heterocycles. The lowest BCUT2D eigenvalue weighted by atomic mass is 10.1. The number of aryl methyl sites for hydroxylation is 1. The van der Waals surface area contributed by atoms with Crippen LogP contribution in [0.1, 0.15) is 11.3 Å². The molecule has 0 saturated carbocycles. The van der Waals surface area contributed by atoms with E-state index in [1.54, 1.807) is 4.57 Å². The molecular weight excluding hydrogens is 272 g/mol. The van der Waals surface area contributed by atoms with E-state index in [0.717, 1.165) is 22.2 Å². The summed E-state index contributed by atoms with van der Waals surface area (Å²) in [6.07, 6.45) is 0. The van der Waals surface area contributed by atoms with E-state index in [1.165, 1.54) is 11.3 Å². The zero-order chi connectivity index (χ0) is 14.1. The topological polar surface area (TPSA) is 72.9 Å². The highest BCUT2D eigenvalue weighted by Crippen LogP contribution is 2.21. The van der Waals surface area contributed by atoms with Gasteiger partial charge in [0, 0.05) is 22.0 Å². The van der Waals surface area contributed by atoms with Gasteiger partial charge in [-0.1, -0.05) is 29.5 Å². The molecule has 1 aromatic carbocycles. The Balaban J connectivity index is 2.13. The fraction of sp³-hybridized carbons (Fsp3) is 0.143. The number of para-hydroxylation sites is 1. The molecular formula is C14H14N4OS. The highest BCUT2D eigenvalue weighted by Gasteiger charge is 2.09. The van der Waals surface area contributed by atoms with Crippen molar-refractivity contribution in [3.8, 4) is 0 Å². The molecule has 0 radical (unpaired) electrons. The molecule has 3 N–H and O–H groups in total. The second-order valence-electron chi connectivity index (χ2n) is 4.56. The zero-order valence-corrected chi connectivity index (χ0v) is 11.8. The first-order chi connectivity index (χ1) is 9.69. The van der Waals surface area contributed by atoms with Gasteiger partial charge in [-0.05, 0) is 19.1 Å². The van der Waals surface area contributed by atoms with Crippen LogP contribution in [0.15, 0.2) is 40.5 Å². The number of hydrogen-bond donors (Lipinski definition) is 2. The van der Waals surface area contributed by atoms with Crippen molar-refractivity contribution in [3.63, 3.8) is 0 Å². The smallest absolute Gasteiger partial charge is 0.307 e. The maximum atomic E-state index is 11.8. The Morgan fingerprint density at radius 2 is 2.20 bits per heavy atom. The second-order valence-corrected chi connectivity index (χ2v) is 5.38. The number of thiazole rings is 1. The van der Waals surface area contributed by atoms with Gasteiger partial charge in [0.2, 0.25) is 0 Å². The van der Waals surface area contributed by atoms with Crippen LogP contribution in [-0.2, 0) is 6.54 Å². The number of nitrogen functional groups attached to an aromatic ring is 1. The molecule has 0 atom stereocenters. The minimum absolute atomic E-state index is 0.0265. The van der Waals surface area contributed by atoms with Crippen molar-refractivity contribution >= 4 is 28.1 Å². The predicted molar refractivity (Wildman–Crippen MR) is 82.0 cm³/mol. The Morgan fingerprint density at radius 1 is 1.40 bits per heavy atom. The van der Waals surface area contributed by atoms with E-state index >= 15 is 0 Å². The molecule has 0 aliphatic heterocycles. The maximum absolute atomic E-state index is 11.8. The highest BCUT2D eigenvalue weighted by molar-refractivity contribution is 7.07. The molecule has 5 nitrogen and oxygen atoms in total. The summed E-state index contributed by atoms with van der Waals surface area (Å²) in [4.78, 5) is 16.3. The van der Waals surface area contributed by atoms with E-state index in [-0.39, 0.29) is 4.87 Å². The summed E-state index contributed by atoms with van der Waals surface area (Å²) < 4.78 is 1.72. The minimum atomic E-state index is 0.0265. The summed E-state index contributed by atoms with van der Waals surface area (Å²) in [5.74, 6) is 6.15. The molecule has 0 amide bonds. The lowest BCUT2D eigenvalue weighted by Gasteiger charge is -2.11. The summed E-state index contributed by atoms with van der Waals surface area (Å²) >= 11 is 1.20. The Hall–Kier alpha value is -2.18. The molecule has 0 unspecified atom stereocenters. The van der Waals surface area contributed by atoms with Gasteiger partial charge in [-0.25, -0.2) is 10.8 Å². The number of fused-ring (bicyclic) bond motifs is 1. The van der Waals surface area contributed by atoms with Crippen LogP contribution >= 0.6 is 11.3 Å². The van der Waals surface area contributed by atoms with E-state index in [1.807, 2.05) is 42.6 Å². The first kappa shape index (κ1) is 12.8. The van der Waals surface area contributed by atoms with Crippen molar-refractivity contribution in [1.82, 2.24) is 9.55 Å². The molecule has 3 rings (SSSR count). The van der Waals surface area contributed by atoms with Gasteiger partial charge >= 0.3 is 4.87 Å². The lowest BCUT2D eigenvalue weighted by Crippen LogP contribution is -2.18. The average molecular weight is 286 g/mol. The number of hydrazine groups is 1. The highest BCUT2D eigenvalue weighted by atomic mass is 32.1. The Bertz CT molecular complexity index is 821. The van der Waals surface area contributed by atoms with E-state index in [9.17, 15) is 4.79 Å². The van der Waals surface area contributed by atoms with Crippen LogP contribution in [0.5, 0.6) is 0 Å². The van der Waals surface area contributed by atoms with E-state index < -0.39 is 0 Å². The molecule has 0 aliphatic carbocycles. The average Bonchev–Trinajstić information content (AvgIpc) is 2.78. The van der Waals surface area contributed by atoms with Gasteiger partial charge in [-0.3, -0.25) is 9.36 Å². The number of benzene rings is 1. The van der Waals surface area contributed by atoms with Crippen LogP contribution in [0.2, 0.25) is 0 Å². The van der Waals surface area contributed by atoms with Crippen LogP contribution in [-0.4, -0.2) is 9.55 Å². The number of hydrogen-bond acceptors (Lipinski definition) is 5. The number of anilines is 1. The molecule has 0 spiro atoms. The minimum Gasteiger partial charge on any atom is -0.308 e. The molecule has 0 bridgehead atoms. The van der Waals surface area contributed by atoms with Crippen molar-refractivity contribution in [3.05, 3.63) is 56.6 Å². The standard InChI is InChI=1S/C14H14N4OS/c1-9-8-20-14(19)18(9)7-11-6-10-4-2-3-5-12(10)16-13(11)17-15/h2-6,8H,7,15H2,1H3,(H,16,17). The van der Waals surface area contributed by atoms with Gasteiger partial charge in [0.1, 0.15) is 5.82 Å². The fourth-order valence-corrected chi connectivity index (χ4v) is 2.91. The summed E-state index contributed by atoms with van der Waals surface area (Å²) in [6.45, 7) is 2.38. The summed E-state index contributed by atoms with van der Waals surface area (Å²) in [5, 5.41) is 2.88. The van der Waals surface area contributed by atoms with Crippen molar-refractivity contribution in [2.24, 2.45) is 5.84 Å². The van der Waals surface area contributed by atoms with Crippen molar-refractivity contribution in [1.29, 1.82) is 0 Å². The van der Waals surface area contributed by atoms with Gasteiger partial charge in [0.25, 0.3) is 0 Å². The third-order valence-corrected chi connectivity index (χ3v) is 4.13. The zero-order valence-electron chi connectivity index (χ0n) is 11.0. The van der Waals surface area contributed by atoms with Crippen molar-refractivity contribution < 1.29 is 0 Å². The number of nitrogens with zero attached hydrogens (tertiary/aromatic N) is 2. The van der Waals surface area contributed by atoms with Gasteiger partial charge in [0.15, 0.2) is 0 Å². The Kier molecular flexibility index (Phi) is 3.25. The van der Waals surface area contributed by atoms with Gasteiger partial charge in [-0.15, -0.1) is 0 Å². The van der Waals surface area contributed by atoms with Crippen molar-refractivity contribution in [2.45, 2.75) is 13.5 Å². The van der Waals surface area contributed by atoms with E-state index in [4.69, 9.17) is 5.84 Å². The first-order valence-electron chi connectivity index (χ1n) is 6.19. The Labute approximate surface area is 119 Å². The lowest BCUT2D eigenvalue weighted by molar-refractivity contribution is 0.754. The molecule has 2 aromatic heterocycles. The molecule has 102 valence electrons. The molecule has 0 aliphatic rings. The largest absolute Gasteiger partial charge is 0.308 e. The first-order valence-corrected chi connectivity index (χ1v) is 7.07. The van der Waals surface area contributed by atoms with E-state index in [0.29, 0.717) is 12.4 Å². The van der Waals surface area contributed by atoms with Crippen LogP contribution in [0.25, 0.3) is 10.9 Å². The monoisotopic (exact) mass is 286 g/mol. The fourth-order valence-electron chi connectivity index (χ4n) is 2.17. The maximum Gasteiger partial charge on any atom is 0.307 e. The Morgan fingerprint density at radius 3 is 2.90 bits per heavy atom. The number of nitrogens with one attached hydrogen (secondary N) is 1.